The summed E-state index contributed by atoms with van der Waals surface area (Å²) in [6, 6.07) is 5.68. The molecule has 1 aromatic carbocycles. The van der Waals surface area contributed by atoms with E-state index in [2.05, 4.69) is 64.3 Å². The van der Waals surface area contributed by atoms with E-state index in [0.29, 0.717) is 46.8 Å². The molecule has 5 aliphatic carbocycles. The number of hydrogen-bond donors (Lipinski definition) is 1. The molecule has 1 N–H and O–H groups in total. The SMILES string of the molecule is CC1(C)[C@@H](O)CC[C@]2(C)[C@H]3CC=C4[C@@H]5C[C@@](C)(C(=O)N6CCN(c7c(Cl)cccc7Cl)CC6)CC[C@]5(C)CC[C@@]4(C)[C@]3(C)CC[C@@H]12. The summed E-state index contributed by atoms with van der Waals surface area (Å²) in [6.45, 7) is 20.3. The van der Waals surface area contributed by atoms with Gasteiger partial charge in [0.2, 0.25) is 5.91 Å². The van der Waals surface area contributed by atoms with Crippen molar-refractivity contribution in [2.45, 2.75) is 119 Å². The summed E-state index contributed by atoms with van der Waals surface area (Å²) in [5, 5.41) is 12.4. The molecule has 6 heteroatoms. The van der Waals surface area contributed by atoms with Crippen molar-refractivity contribution in [3.05, 3.63) is 39.9 Å². The average molecular weight is 670 g/mol. The van der Waals surface area contributed by atoms with Gasteiger partial charge in [0.1, 0.15) is 0 Å². The fraction of sp³-hybridized carbons (Fsp3) is 0.775. The summed E-state index contributed by atoms with van der Waals surface area (Å²) >= 11 is 13.1. The topological polar surface area (TPSA) is 43.8 Å². The summed E-state index contributed by atoms with van der Waals surface area (Å²) in [5.74, 6) is 2.02. The molecule has 4 saturated carbocycles. The van der Waals surface area contributed by atoms with Crippen LogP contribution in [0.5, 0.6) is 0 Å². The summed E-state index contributed by atoms with van der Waals surface area (Å²) < 4.78 is 0. The average Bonchev–Trinajstić information content (AvgIpc) is 3.00. The van der Waals surface area contributed by atoms with E-state index in [1.165, 1.54) is 25.7 Å². The van der Waals surface area contributed by atoms with E-state index >= 15 is 0 Å². The molecule has 5 fully saturated rings. The molecule has 1 saturated heterocycles. The number of hydrogen-bond acceptors (Lipinski definition) is 3. The first-order valence-corrected chi connectivity index (χ1v) is 19.1. The number of fused-ring (bicyclic) bond motifs is 7. The number of anilines is 1. The van der Waals surface area contributed by atoms with Crippen LogP contribution in [0, 0.1) is 50.2 Å². The molecule has 4 nitrogen and oxygen atoms in total. The van der Waals surface area contributed by atoms with Crippen molar-refractivity contribution in [3.8, 4) is 0 Å². The van der Waals surface area contributed by atoms with Crippen LogP contribution in [0.4, 0.5) is 5.69 Å². The number of halogens is 2. The zero-order valence-electron chi connectivity index (χ0n) is 29.5. The molecule has 7 rings (SSSR count). The van der Waals surface area contributed by atoms with Gasteiger partial charge in [-0.1, -0.05) is 89.4 Å². The third-order valence-corrected chi connectivity index (χ3v) is 16.8. The Kier molecular flexibility index (Phi) is 7.87. The van der Waals surface area contributed by atoms with Crippen LogP contribution in [0.1, 0.15) is 113 Å². The summed E-state index contributed by atoms with van der Waals surface area (Å²) in [6.07, 6.45) is 13.8. The molecular weight excluding hydrogens is 611 g/mol. The largest absolute Gasteiger partial charge is 0.393 e. The van der Waals surface area contributed by atoms with Crippen LogP contribution in [0.15, 0.2) is 29.8 Å². The van der Waals surface area contributed by atoms with Crippen LogP contribution < -0.4 is 4.90 Å². The maximum absolute atomic E-state index is 14.5. The van der Waals surface area contributed by atoms with E-state index in [-0.39, 0.29) is 38.6 Å². The van der Waals surface area contributed by atoms with Crippen molar-refractivity contribution < 1.29 is 9.90 Å². The van der Waals surface area contributed by atoms with E-state index in [9.17, 15) is 9.90 Å². The minimum absolute atomic E-state index is 0.0268. The van der Waals surface area contributed by atoms with Gasteiger partial charge in [-0.05, 0) is 121 Å². The lowest BCUT2D eigenvalue weighted by Crippen LogP contribution is -2.64. The molecule has 0 spiro atoms. The molecular formula is C40H58Cl2N2O2. The normalized spacial score (nSPS) is 45.1. The predicted octanol–water partition coefficient (Wildman–Crippen LogP) is 9.80. The smallest absolute Gasteiger partial charge is 0.228 e. The minimum Gasteiger partial charge on any atom is -0.393 e. The highest BCUT2D eigenvalue weighted by molar-refractivity contribution is 6.39. The second-order valence-corrected chi connectivity index (χ2v) is 19.3. The van der Waals surface area contributed by atoms with Crippen molar-refractivity contribution >= 4 is 34.8 Å². The van der Waals surface area contributed by atoms with E-state index in [1.807, 2.05) is 18.2 Å². The minimum atomic E-state index is -0.335. The molecule has 46 heavy (non-hydrogen) atoms. The number of allylic oxidation sites excluding steroid dienone is 2. The van der Waals surface area contributed by atoms with Gasteiger partial charge in [0.05, 0.1) is 21.8 Å². The van der Waals surface area contributed by atoms with Crippen LogP contribution in [-0.4, -0.2) is 48.2 Å². The molecule has 0 bridgehead atoms. The Hall–Kier alpha value is -1.23. The highest BCUT2D eigenvalue weighted by atomic mass is 35.5. The fourth-order valence-electron chi connectivity index (χ4n) is 12.8. The lowest BCUT2D eigenvalue weighted by Gasteiger charge is -2.71. The predicted molar refractivity (Wildman–Crippen MR) is 190 cm³/mol. The zero-order chi connectivity index (χ0) is 33.1. The number of rotatable bonds is 2. The molecule has 0 unspecified atom stereocenters. The summed E-state index contributed by atoms with van der Waals surface area (Å²) in [5.41, 5.74) is 3.17. The van der Waals surface area contributed by atoms with Gasteiger partial charge in [0.15, 0.2) is 0 Å². The Bertz CT molecular complexity index is 1410. The molecule has 0 aromatic heterocycles. The Morgan fingerprint density at radius 2 is 1.48 bits per heavy atom. The van der Waals surface area contributed by atoms with E-state index in [1.54, 1.807) is 5.57 Å². The number of piperazine rings is 1. The maximum atomic E-state index is 14.5. The van der Waals surface area contributed by atoms with E-state index < -0.39 is 0 Å². The molecule has 9 atom stereocenters. The highest BCUT2D eigenvalue weighted by Gasteiger charge is 2.68. The number of para-hydroxylation sites is 1. The molecule has 0 radical (unpaired) electrons. The van der Waals surface area contributed by atoms with Crippen LogP contribution >= 0.6 is 23.2 Å². The van der Waals surface area contributed by atoms with E-state index in [4.69, 9.17) is 23.2 Å². The Morgan fingerprint density at radius 1 is 0.826 bits per heavy atom. The third-order valence-electron chi connectivity index (χ3n) is 16.2. The van der Waals surface area contributed by atoms with Gasteiger partial charge in [-0.2, -0.15) is 0 Å². The molecule has 254 valence electrons. The molecule has 1 amide bonds. The van der Waals surface area contributed by atoms with Crippen molar-refractivity contribution in [2.75, 3.05) is 31.1 Å². The van der Waals surface area contributed by atoms with Gasteiger partial charge in [0.25, 0.3) is 0 Å². The van der Waals surface area contributed by atoms with Crippen LogP contribution in [0.25, 0.3) is 0 Å². The second kappa shape index (κ2) is 10.9. The summed E-state index contributed by atoms with van der Waals surface area (Å²) in [4.78, 5) is 18.8. The van der Waals surface area contributed by atoms with Crippen molar-refractivity contribution in [2.24, 2.45) is 50.2 Å². The number of carbonyl (C=O) groups is 1. The number of nitrogens with zero attached hydrogens (tertiary/aromatic N) is 2. The standard InChI is InChI=1S/C40H58Cl2N2O2/c1-35(2)30-13-16-40(7)31(38(30,5)15-14-32(35)45)12-11-26-27-25-37(4,18-17-36(27,3)19-20-39(26,40)6)34(46)44-23-21-43(22-24-44)33-28(41)9-8-10-29(33)42/h8-11,27,30-32,45H,12-25H2,1-7H3/t27-,30-,31+,32-,36+,37-,38-,39+,40+/m0/s1. The van der Waals surface area contributed by atoms with Crippen LogP contribution in [0.2, 0.25) is 10.0 Å². The Morgan fingerprint density at radius 3 is 2.15 bits per heavy atom. The zero-order valence-corrected chi connectivity index (χ0v) is 31.0. The number of benzene rings is 1. The van der Waals surface area contributed by atoms with Gasteiger partial charge in [-0.3, -0.25) is 4.79 Å². The fourth-order valence-corrected chi connectivity index (χ4v) is 13.5. The number of amides is 1. The van der Waals surface area contributed by atoms with Gasteiger partial charge >= 0.3 is 0 Å². The van der Waals surface area contributed by atoms with Crippen molar-refractivity contribution in [1.82, 2.24) is 4.90 Å². The number of carbonyl (C=O) groups excluding carboxylic acids is 1. The van der Waals surface area contributed by atoms with Crippen molar-refractivity contribution in [3.63, 3.8) is 0 Å². The maximum Gasteiger partial charge on any atom is 0.228 e. The highest BCUT2D eigenvalue weighted by Crippen LogP contribution is 2.75. The van der Waals surface area contributed by atoms with E-state index in [0.717, 1.165) is 57.3 Å². The molecule has 1 aliphatic heterocycles. The first-order chi connectivity index (χ1) is 21.5. The lowest BCUT2D eigenvalue weighted by atomic mass is 9.33. The van der Waals surface area contributed by atoms with Crippen LogP contribution in [0.3, 0.4) is 0 Å². The van der Waals surface area contributed by atoms with Gasteiger partial charge in [-0.25, -0.2) is 0 Å². The van der Waals surface area contributed by atoms with Gasteiger partial charge in [0, 0.05) is 31.6 Å². The second-order valence-electron chi connectivity index (χ2n) is 18.5. The van der Waals surface area contributed by atoms with Gasteiger partial charge < -0.3 is 14.9 Å². The third kappa shape index (κ3) is 4.57. The molecule has 1 aromatic rings. The van der Waals surface area contributed by atoms with Gasteiger partial charge in [-0.15, -0.1) is 0 Å². The number of aliphatic hydroxyl groups excluding tert-OH is 1. The first kappa shape index (κ1) is 33.3. The van der Waals surface area contributed by atoms with Crippen LogP contribution in [-0.2, 0) is 4.79 Å². The quantitative estimate of drug-likeness (QED) is 0.319. The summed E-state index contributed by atoms with van der Waals surface area (Å²) in [7, 11) is 0. The monoisotopic (exact) mass is 668 g/mol. The Balaban J connectivity index is 1.14. The number of aliphatic hydroxyl groups is 1. The first-order valence-electron chi connectivity index (χ1n) is 18.4. The lowest BCUT2D eigenvalue weighted by molar-refractivity contribution is -0.203. The van der Waals surface area contributed by atoms with Crippen molar-refractivity contribution in [1.29, 1.82) is 0 Å². The molecule has 6 aliphatic rings. The Labute approximate surface area is 288 Å². The molecule has 1 heterocycles.